The maximum absolute atomic E-state index is 2.55. The zero-order valence-corrected chi connectivity index (χ0v) is 25.4. The molecule has 0 aliphatic heterocycles. The second-order valence-corrected chi connectivity index (χ2v) is 12.5. The summed E-state index contributed by atoms with van der Waals surface area (Å²) in [5, 5.41) is 3.96. The van der Waals surface area contributed by atoms with Gasteiger partial charge in [0.15, 0.2) is 0 Å². The molecule has 0 saturated carbocycles. The SMILES string of the molecule is CC1CC=Cc2c1c1c(ccc3c4ccccc4n(-c4ccccc4)c31)n2-c1ccc(C2=CC=CCC2)cc1-c1ccccc1. The normalized spacial score (nSPS) is 16.0. The first kappa shape index (κ1) is 26.1. The van der Waals surface area contributed by atoms with Crippen molar-refractivity contribution in [2.24, 2.45) is 0 Å². The summed E-state index contributed by atoms with van der Waals surface area (Å²) >= 11 is 0. The van der Waals surface area contributed by atoms with Crippen molar-refractivity contribution in [3.05, 3.63) is 156 Å². The Labute approximate surface area is 263 Å². The van der Waals surface area contributed by atoms with Crippen molar-refractivity contribution >= 4 is 44.4 Å². The average Bonchev–Trinajstić information content (AvgIpc) is 3.63. The summed E-state index contributed by atoms with van der Waals surface area (Å²) in [5.41, 5.74) is 14.2. The zero-order chi connectivity index (χ0) is 29.9. The minimum Gasteiger partial charge on any atom is -0.309 e. The van der Waals surface area contributed by atoms with Crippen LogP contribution in [-0.2, 0) is 0 Å². The Kier molecular flexibility index (Phi) is 6.02. The third-order valence-corrected chi connectivity index (χ3v) is 9.82. The maximum Gasteiger partial charge on any atom is 0.0638 e. The van der Waals surface area contributed by atoms with Crippen LogP contribution in [0.3, 0.4) is 0 Å². The molecule has 1 unspecified atom stereocenters. The molecule has 2 heteroatoms. The second-order valence-electron chi connectivity index (χ2n) is 12.5. The fraction of sp³-hybridized carbons (Fsp3) is 0.116. The molecule has 45 heavy (non-hydrogen) atoms. The average molecular weight is 579 g/mol. The molecular weight excluding hydrogens is 544 g/mol. The molecule has 0 bridgehead atoms. The number of rotatable bonds is 4. The van der Waals surface area contributed by atoms with E-state index in [4.69, 9.17) is 0 Å². The Balaban J connectivity index is 1.42. The van der Waals surface area contributed by atoms with E-state index >= 15 is 0 Å². The van der Waals surface area contributed by atoms with Crippen molar-refractivity contribution in [1.29, 1.82) is 0 Å². The highest BCUT2D eigenvalue weighted by Gasteiger charge is 2.28. The first-order chi connectivity index (χ1) is 22.3. The van der Waals surface area contributed by atoms with Crippen LogP contribution < -0.4 is 0 Å². The third kappa shape index (κ3) is 4.02. The lowest BCUT2D eigenvalue weighted by Crippen LogP contribution is -2.05. The van der Waals surface area contributed by atoms with Crippen LogP contribution in [0.25, 0.3) is 66.9 Å². The molecule has 0 amide bonds. The van der Waals surface area contributed by atoms with E-state index in [1.807, 2.05) is 0 Å². The summed E-state index contributed by atoms with van der Waals surface area (Å²) in [6, 6.07) is 42.5. The number of hydrogen-bond donors (Lipinski definition) is 0. The molecule has 216 valence electrons. The van der Waals surface area contributed by atoms with Gasteiger partial charge >= 0.3 is 0 Å². The fourth-order valence-electron chi connectivity index (χ4n) is 7.77. The molecule has 1 atom stereocenters. The van der Waals surface area contributed by atoms with Crippen LogP contribution in [0.1, 0.15) is 48.9 Å². The van der Waals surface area contributed by atoms with Gasteiger partial charge in [-0.25, -0.2) is 0 Å². The largest absolute Gasteiger partial charge is 0.309 e. The Morgan fingerprint density at radius 2 is 1.47 bits per heavy atom. The Morgan fingerprint density at radius 1 is 0.667 bits per heavy atom. The van der Waals surface area contributed by atoms with Crippen LogP contribution in [-0.4, -0.2) is 9.13 Å². The molecule has 2 aliphatic rings. The monoisotopic (exact) mass is 578 g/mol. The van der Waals surface area contributed by atoms with Gasteiger partial charge in [-0.05, 0) is 89.9 Å². The molecule has 5 aromatic carbocycles. The summed E-state index contributed by atoms with van der Waals surface area (Å²) < 4.78 is 5.04. The molecule has 0 radical (unpaired) electrons. The van der Waals surface area contributed by atoms with E-state index in [9.17, 15) is 0 Å². The van der Waals surface area contributed by atoms with Gasteiger partial charge < -0.3 is 9.13 Å². The molecule has 0 spiro atoms. The van der Waals surface area contributed by atoms with Crippen molar-refractivity contribution in [3.63, 3.8) is 0 Å². The van der Waals surface area contributed by atoms with E-state index in [-0.39, 0.29) is 0 Å². The standard InChI is InChI=1S/C43H34N2/c1-29-14-13-23-39-41(29)42-40(27-25-35-34-21-11-12-22-37(34)44(43(35)42)33-19-9-4-10-20-33)45(39)38-26-24-32(30-15-5-2-6-16-30)28-36(38)31-17-7-3-8-18-31/h2-5,7-13,15,17-29H,6,14,16H2,1H3. The quantitative estimate of drug-likeness (QED) is 0.197. The predicted octanol–water partition coefficient (Wildman–Crippen LogP) is 11.6. The van der Waals surface area contributed by atoms with E-state index in [1.54, 1.807) is 0 Å². The lowest BCUT2D eigenvalue weighted by molar-refractivity contribution is 0.773. The summed E-state index contributed by atoms with van der Waals surface area (Å²) in [6.07, 6.45) is 14.7. The van der Waals surface area contributed by atoms with Gasteiger partial charge in [-0.3, -0.25) is 0 Å². The molecule has 0 N–H and O–H groups in total. The first-order valence-electron chi connectivity index (χ1n) is 16.2. The van der Waals surface area contributed by atoms with Gasteiger partial charge in [-0.1, -0.05) is 110 Å². The van der Waals surface area contributed by atoms with Gasteiger partial charge in [0.25, 0.3) is 0 Å². The number of nitrogens with zero attached hydrogens (tertiary/aromatic N) is 2. The Bertz CT molecular complexity index is 2340. The molecule has 7 aromatic rings. The number of allylic oxidation sites excluding steroid dienone is 5. The molecule has 9 rings (SSSR count). The van der Waals surface area contributed by atoms with E-state index < -0.39 is 0 Å². The summed E-state index contributed by atoms with van der Waals surface area (Å²) in [6.45, 7) is 2.39. The molecule has 2 aliphatic carbocycles. The van der Waals surface area contributed by atoms with Gasteiger partial charge in [-0.15, -0.1) is 0 Å². The topological polar surface area (TPSA) is 9.86 Å². The predicted molar refractivity (Wildman–Crippen MR) is 191 cm³/mol. The van der Waals surface area contributed by atoms with Crippen molar-refractivity contribution in [2.45, 2.75) is 32.1 Å². The maximum atomic E-state index is 2.55. The van der Waals surface area contributed by atoms with Crippen molar-refractivity contribution in [1.82, 2.24) is 9.13 Å². The van der Waals surface area contributed by atoms with Gasteiger partial charge in [0, 0.05) is 27.4 Å². The number of fused-ring (bicyclic) bond motifs is 7. The van der Waals surface area contributed by atoms with Crippen molar-refractivity contribution < 1.29 is 0 Å². The minimum absolute atomic E-state index is 0.403. The third-order valence-electron chi connectivity index (χ3n) is 9.82. The van der Waals surface area contributed by atoms with Crippen LogP contribution in [0, 0.1) is 0 Å². The van der Waals surface area contributed by atoms with Crippen LogP contribution in [0.5, 0.6) is 0 Å². The Hall–Kier alpha value is -5.34. The van der Waals surface area contributed by atoms with Crippen LogP contribution >= 0.6 is 0 Å². The summed E-state index contributed by atoms with van der Waals surface area (Å²) in [4.78, 5) is 0. The highest BCUT2D eigenvalue weighted by molar-refractivity contribution is 6.20. The van der Waals surface area contributed by atoms with Gasteiger partial charge in [0.2, 0.25) is 0 Å². The zero-order valence-electron chi connectivity index (χ0n) is 25.4. The van der Waals surface area contributed by atoms with E-state index in [0.717, 1.165) is 19.3 Å². The van der Waals surface area contributed by atoms with Crippen LogP contribution in [0.15, 0.2) is 140 Å². The lowest BCUT2D eigenvalue weighted by Gasteiger charge is -2.20. The highest BCUT2D eigenvalue weighted by Crippen LogP contribution is 2.47. The smallest absolute Gasteiger partial charge is 0.0638 e. The first-order valence-corrected chi connectivity index (χ1v) is 16.2. The van der Waals surface area contributed by atoms with E-state index in [1.165, 1.54) is 77.6 Å². The molecule has 0 fully saturated rings. The number of benzene rings is 5. The lowest BCUT2D eigenvalue weighted by atomic mass is 9.90. The van der Waals surface area contributed by atoms with Gasteiger partial charge in [0.05, 0.1) is 27.9 Å². The number of aromatic nitrogens is 2. The van der Waals surface area contributed by atoms with Crippen molar-refractivity contribution in [2.75, 3.05) is 0 Å². The van der Waals surface area contributed by atoms with E-state index in [2.05, 4.69) is 162 Å². The number of hydrogen-bond acceptors (Lipinski definition) is 0. The number of para-hydroxylation sites is 2. The molecule has 2 aromatic heterocycles. The van der Waals surface area contributed by atoms with Crippen LogP contribution in [0.4, 0.5) is 0 Å². The Morgan fingerprint density at radius 3 is 2.29 bits per heavy atom. The van der Waals surface area contributed by atoms with Gasteiger partial charge in [0.1, 0.15) is 0 Å². The molecule has 2 nitrogen and oxygen atoms in total. The minimum atomic E-state index is 0.403. The molecular formula is C43H34N2. The van der Waals surface area contributed by atoms with E-state index in [0.29, 0.717) is 5.92 Å². The van der Waals surface area contributed by atoms with Crippen molar-refractivity contribution in [3.8, 4) is 22.5 Å². The summed E-state index contributed by atoms with van der Waals surface area (Å²) in [5.74, 6) is 0.403. The molecule has 2 heterocycles. The summed E-state index contributed by atoms with van der Waals surface area (Å²) in [7, 11) is 0. The van der Waals surface area contributed by atoms with Crippen LogP contribution in [0.2, 0.25) is 0 Å². The molecule has 0 saturated heterocycles. The highest BCUT2D eigenvalue weighted by atomic mass is 15.0. The fourth-order valence-corrected chi connectivity index (χ4v) is 7.77. The van der Waals surface area contributed by atoms with Gasteiger partial charge in [-0.2, -0.15) is 0 Å². The second kappa shape index (κ2) is 10.4.